The molecule has 2 N–H and O–H groups in total. The summed E-state index contributed by atoms with van der Waals surface area (Å²) in [6, 6.07) is 3.41. The van der Waals surface area contributed by atoms with Gasteiger partial charge in [-0.15, -0.1) is 0 Å². The number of halogens is 2. The number of hydrogen-bond donors (Lipinski definition) is 1. The zero-order valence-corrected chi connectivity index (χ0v) is 11.7. The molecular formula is C14H20ClFN2. The van der Waals surface area contributed by atoms with Crippen LogP contribution < -0.4 is 10.6 Å². The second-order valence-corrected chi connectivity index (χ2v) is 5.76. The number of nitrogen functional groups attached to an aromatic ring is 1. The SMILES string of the molecule is CC1CCC(N(C)c2cc(Cl)c(F)cc2N)CC1. The van der Waals surface area contributed by atoms with E-state index >= 15 is 0 Å². The van der Waals surface area contributed by atoms with Crippen molar-refractivity contribution < 1.29 is 4.39 Å². The lowest BCUT2D eigenvalue weighted by atomic mass is 9.86. The van der Waals surface area contributed by atoms with Crippen LogP contribution in [0.15, 0.2) is 12.1 Å². The Labute approximate surface area is 113 Å². The molecule has 1 aromatic carbocycles. The van der Waals surface area contributed by atoms with E-state index in [-0.39, 0.29) is 5.02 Å². The summed E-state index contributed by atoms with van der Waals surface area (Å²) in [5.74, 6) is 0.354. The van der Waals surface area contributed by atoms with Gasteiger partial charge in [0.15, 0.2) is 0 Å². The van der Waals surface area contributed by atoms with Crippen LogP contribution in [0.2, 0.25) is 5.02 Å². The maximum Gasteiger partial charge on any atom is 0.143 e. The minimum absolute atomic E-state index is 0.134. The van der Waals surface area contributed by atoms with Crippen LogP contribution in [0.25, 0.3) is 0 Å². The van der Waals surface area contributed by atoms with Gasteiger partial charge in [-0.2, -0.15) is 0 Å². The maximum atomic E-state index is 13.3. The zero-order chi connectivity index (χ0) is 13.3. The van der Waals surface area contributed by atoms with E-state index in [1.165, 1.54) is 18.9 Å². The number of nitrogens with zero attached hydrogens (tertiary/aromatic N) is 1. The average molecular weight is 271 g/mol. The van der Waals surface area contributed by atoms with Crippen molar-refractivity contribution in [2.24, 2.45) is 5.92 Å². The number of hydrogen-bond acceptors (Lipinski definition) is 2. The van der Waals surface area contributed by atoms with Crippen molar-refractivity contribution in [3.8, 4) is 0 Å². The fraction of sp³-hybridized carbons (Fsp3) is 0.571. The van der Waals surface area contributed by atoms with Crippen LogP contribution in [-0.2, 0) is 0 Å². The largest absolute Gasteiger partial charge is 0.397 e. The lowest BCUT2D eigenvalue weighted by Crippen LogP contribution is -2.35. The van der Waals surface area contributed by atoms with Gasteiger partial charge in [-0.3, -0.25) is 0 Å². The number of rotatable bonds is 2. The van der Waals surface area contributed by atoms with Gasteiger partial charge >= 0.3 is 0 Å². The molecule has 1 saturated carbocycles. The van der Waals surface area contributed by atoms with Crippen molar-refractivity contribution in [1.29, 1.82) is 0 Å². The topological polar surface area (TPSA) is 29.3 Å². The Balaban J connectivity index is 2.18. The van der Waals surface area contributed by atoms with Gasteiger partial charge in [0.2, 0.25) is 0 Å². The summed E-state index contributed by atoms with van der Waals surface area (Å²) >= 11 is 5.83. The molecule has 2 rings (SSSR count). The minimum Gasteiger partial charge on any atom is -0.397 e. The third-order valence-corrected chi connectivity index (χ3v) is 4.27. The molecule has 100 valence electrons. The average Bonchev–Trinajstić information content (AvgIpc) is 2.34. The Morgan fingerprint density at radius 3 is 2.50 bits per heavy atom. The van der Waals surface area contributed by atoms with Crippen LogP contribution in [0.5, 0.6) is 0 Å². The van der Waals surface area contributed by atoms with E-state index in [2.05, 4.69) is 11.8 Å². The van der Waals surface area contributed by atoms with Crippen LogP contribution in [0.4, 0.5) is 15.8 Å². The smallest absolute Gasteiger partial charge is 0.143 e. The maximum absolute atomic E-state index is 13.3. The monoisotopic (exact) mass is 270 g/mol. The van der Waals surface area contributed by atoms with Gasteiger partial charge in [0, 0.05) is 19.2 Å². The molecule has 0 amide bonds. The molecule has 18 heavy (non-hydrogen) atoms. The predicted molar refractivity (Wildman–Crippen MR) is 75.6 cm³/mol. The number of benzene rings is 1. The molecule has 1 aliphatic rings. The van der Waals surface area contributed by atoms with Gasteiger partial charge in [-0.05, 0) is 37.7 Å². The predicted octanol–water partition coefficient (Wildman–Crippen LogP) is 4.08. The molecule has 1 aromatic rings. The van der Waals surface area contributed by atoms with Gasteiger partial charge in [-0.25, -0.2) is 4.39 Å². The molecule has 0 spiro atoms. The molecule has 0 aromatic heterocycles. The van der Waals surface area contributed by atoms with E-state index in [0.29, 0.717) is 11.7 Å². The molecule has 0 saturated heterocycles. The Morgan fingerprint density at radius 2 is 1.89 bits per heavy atom. The standard InChI is InChI=1S/C14H20ClFN2/c1-9-3-5-10(6-4-9)18(2)14-7-11(15)12(16)8-13(14)17/h7-10H,3-6,17H2,1-2H3. The zero-order valence-electron chi connectivity index (χ0n) is 10.9. The molecule has 0 heterocycles. The highest BCUT2D eigenvalue weighted by molar-refractivity contribution is 6.31. The van der Waals surface area contributed by atoms with E-state index in [0.717, 1.165) is 24.4 Å². The van der Waals surface area contributed by atoms with E-state index in [1.807, 2.05) is 7.05 Å². The van der Waals surface area contributed by atoms with Gasteiger partial charge < -0.3 is 10.6 Å². The van der Waals surface area contributed by atoms with Gasteiger partial charge in [0.05, 0.1) is 16.4 Å². The lowest BCUT2D eigenvalue weighted by molar-refractivity contribution is 0.341. The summed E-state index contributed by atoms with van der Waals surface area (Å²) in [5.41, 5.74) is 7.18. The van der Waals surface area contributed by atoms with Crippen molar-refractivity contribution >= 4 is 23.0 Å². The molecule has 0 atom stereocenters. The molecule has 0 bridgehead atoms. The normalized spacial score (nSPS) is 24.0. The quantitative estimate of drug-likeness (QED) is 0.821. The molecule has 0 aliphatic heterocycles. The van der Waals surface area contributed by atoms with Crippen molar-refractivity contribution in [1.82, 2.24) is 0 Å². The minimum atomic E-state index is -0.455. The Hall–Kier alpha value is -0.960. The van der Waals surface area contributed by atoms with Crippen molar-refractivity contribution in [2.45, 2.75) is 38.6 Å². The first-order valence-corrected chi connectivity index (χ1v) is 6.84. The van der Waals surface area contributed by atoms with Crippen LogP contribution in [0, 0.1) is 11.7 Å². The molecule has 0 unspecified atom stereocenters. The van der Waals surface area contributed by atoms with Crippen LogP contribution in [0.3, 0.4) is 0 Å². The third kappa shape index (κ3) is 2.72. The first-order valence-electron chi connectivity index (χ1n) is 6.46. The number of nitrogens with two attached hydrogens (primary N) is 1. The van der Waals surface area contributed by atoms with Crippen molar-refractivity contribution in [3.05, 3.63) is 23.0 Å². The Bertz CT molecular complexity index is 428. The lowest BCUT2D eigenvalue weighted by Gasteiger charge is -2.35. The number of anilines is 2. The summed E-state index contributed by atoms with van der Waals surface area (Å²) < 4.78 is 13.3. The van der Waals surface area contributed by atoms with Gasteiger partial charge in [0.1, 0.15) is 5.82 Å². The second-order valence-electron chi connectivity index (χ2n) is 5.35. The molecule has 2 nitrogen and oxygen atoms in total. The van der Waals surface area contributed by atoms with E-state index in [9.17, 15) is 4.39 Å². The first-order chi connectivity index (χ1) is 8.49. The summed E-state index contributed by atoms with van der Waals surface area (Å²) in [6.45, 7) is 2.29. The van der Waals surface area contributed by atoms with Crippen LogP contribution >= 0.6 is 11.6 Å². The fourth-order valence-electron chi connectivity index (χ4n) is 2.68. The van der Waals surface area contributed by atoms with Gasteiger partial charge in [0.25, 0.3) is 0 Å². The molecule has 1 aliphatic carbocycles. The molecule has 0 radical (unpaired) electrons. The summed E-state index contributed by atoms with van der Waals surface area (Å²) in [7, 11) is 2.01. The fourth-order valence-corrected chi connectivity index (χ4v) is 2.84. The summed E-state index contributed by atoms with van der Waals surface area (Å²) in [5, 5.41) is 0.134. The van der Waals surface area contributed by atoms with E-state index in [4.69, 9.17) is 17.3 Å². The van der Waals surface area contributed by atoms with Crippen LogP contribution in [0.1, 0.15) is 32.6 Å². The molecule has 4 heteroatoms. The first kappa shape index (κ1) is 13.5. The highest BCUT2D eigenvalue weighted by Crippen LogP contribution is 2.34. The van der Waals surface area contributed by atoms with Crippen molar-refractivity contribution in [2.75, 3.05) is 17.7 Å². The van der Waals surface area contributed by atoms with Crippen LogP contribution in [-0.4, -0.2) is 13.1 Å². The summed E-state index contributed by atoms with van der Waals surface area (Å²) in [4.78, 5) is 2.15. The highest BCUT2D eigenvalue weighted by Gasteiger charge is 2.23. The Morgan fingerprint density at radius 1 is 1.28 bits per heavy atom. The second kappa shape index (κ2) is 5.35. The van der Waals surface area contributed by atoms with Gasteiger partial charge in [-0.1, -0.05) is 18.5 Å². The molecule has 1 fully saturated rings. The van der Waals surface area contributed by atoms with E-state index < -0.39 is 5.82 Å². The third-order valence-electron chi connectivity index (χ3n) is 3.98. The summed E-state index contributed by atoms with van der Waals surface area (Å²) in [6.07, 6.45) is 4.80. The van der Waals surface area contributed by atoms with Crippen molar-refractivity contribution in [3.63, 3.8) is 0 Å². The van der Waals surface area contributed by atoms with E-state index in [1.54, 1.807) is 6.07 Å². The molecular weight excluding hydrogens is 251 g/mol. The highest BCUT2D eigenvalue weighted by atomic mass is 35.5. The Kier molecular flexibility index (Phi) is 4.00.